The topological polar surface area (TPSA) is 90.4 Å². The number of aromatic amines is 1. The van der Waals surface area contributed by atoms with Gasteiger partial charge >= 0.3 is 0 Å². The Kier molecular flexibility index (Phi) is 2.90. The minimum atomic E-state index is -0.323. The summed E-state index contributed by atoms with van der Waals surface area (Å²) in [5, 5.41) is 14.3. The normalized spacial score (nSPS) is 15.8. The average molecular weight is 235 g/mol. The zero-order valence-corrected chi connectivity index (χ0v) is 9.65. The summed E-state index contributed by atoms with van der Waals surface area (Å²) in [6.07, 6.45) is 0.667. The summed E-state index contributed by atoms with van der Waals surface area (Å²) in [4.78, 5) is 23.0. The molecule has 7 heteroatoms. The van der Waals surface area contributed by atoms with E-state index in [1.165, 1.54) is 12.1 Å². The maximum Gasteiger partial charge on any atom is 0.273 e. The molecular weight excluding hydrogens is 222 g/mol. The lowest BCUT2D eigenvalue weighted by Crippen LogP contribution is -2.34. The number of rotatable bonds is 2. The smallest absolute Gasteiger partial charge is 0.273 e. The number of amides is 2. The van der Waals surface area contributed by atoms with Gasteiger partial charge in [0, 0.05) is 31.6 Å². The molecule has 1 aromatic heterocycles. The summed E-state index contributed by atoms with van der Waals surface area (Å²) in [7, 11) is 1.54. The van der Waals surface area contributed by atoms with Gasteiger partial charge in [-0.2, -0.15) is 10.2 Å². The Morgan fingerprint density at radius 1 is 1.53 bits per heavy atom. The van der Waals surface area contributed by atoms with Gasteiger partial charge in [-0.3, -0.25) is 14.7 Å². The van der Waals surface area contributed by atoms with E-state index in [-0.39, 0.29) is 11.8 Å². The molecule has 7 nitrogen and oxygen atoms in total. The summed E-state index contributed by atoms with van der Waals surface area (Å²) in [5.74, 6) is 0.0442. The SMILES string of the molecule is Cc1cc(NC(=O)C2=NN(C)C(=O)CC2)n[nH]1. The number of carbonyl (C=O) groups excluding carboxylic acids is 2. The third-order valence-corrected chi connectivity index (χ3v) is 2.42. The summed E-state index contributed by atoms with van der Waals surface area (Å²) in [5.41, 5.74) is 1.20. The molecule has 0 saturated carbocycles. The third kappa shape index (κ3) is 2.49. The fourth-order valence-electron chi connectivity index (χ4n) is 1.50. The van der Waals surface area contributed by atoms with Crippen LogP contribution < -0.4 is 5.32 Å². The van der Waals surface area contributed by atoms with Gasteiger partial charge in [0.2, 0.25) is 5.91 Å². The third-order valence-electron chi connectivity index (χ3n) is 2.42. The Morgan fingerprint density at radius 3 is 2.88 bits per heavy atom. The molecule has 0 fully saturated rings. The minimum Gasteiger partial charge on any atom is -0.304 e. The maximum atomic E-state index is 11.8. The second-order valence-corrected chi connectivity index (χ2v) is 3.85. The highest BCUT2D eigenvalue weighted by molar-refractivity contribution is 6.43. The first-order valence-electron chi connectivity index (χ1n) is 5.23. The summed E-state index contributed by atoms with van der Waals surface area (Å²) in [6.45, 7) is 1.84. The molecule has 0 unspecified atom stereocenters. The maximum absolute atomic E-state index is 11.8. The van der Waals surface area contributed by atoms with E-state index >= 15 is 0 Å². The van der Waals surface area contributed by atoms with E-state index < -0.39 is 0 Å². The van der Waals surface area contributed by atoms with Gasteiger partial charge in [-0.05, 0) is 6.92 Å². The number of carbonyl (C=O) groups is 2. The van der Waals surface area contributed by atoms with Crippen LogP contribution in [-0.2, 0) is 9.59 Å². The summed E-state index contributed by atoms with van der Waals surface area (Å²) >= 11 is 0. The number of nitrogens with one attached hydrogen (secondary N) is 2. The van der Waals surface area contributed by atoms with Crippen molar-refractivity contribution in [1.29, 1.82) is 0 Å². The molecule has 0 spiro atoms. The van der Waals surface area contributed by atoms with Crippen molar-refractivity contribution in [1.82, 2.24) is 15.2 Å². The number of nitrogens with zero attached hydrogens (tertiary/aromatic N) is 3. The monoisotopic (exact) mass is 235 g/mol. The van der Waals surface area contributed by atoms with Crippen LogP contribution >= 0.6 is 0 Å². The largest absolute Gasteiger partial charge is 0.304 e. The quantitative estimate of drug-likeness (QED) is 0.770. The number of hydrogen-bond acceptors (Lipinski definition) is 4. The molecule has 2 N–H and O–H groups in total. The molecule has 0 aliphatic carbocycles. The number of H-pyrrole nitrogens is 1. The molecule has 90 valence electrons. The van der Waals surface area contributed by atoms with Crippen LogP contribution in [-0.4, -0.2) is 39.8 Å². The van der Waals surface area contributed by atoms with Crippen molar-refractivity contribution in [3.05, 3.63) is 11.8 Å². The zero-order valence-electron chi connectivity index (χ0n) is 9.65. The average Bonchev–Trinajstić information content (AvgIpc) is 2.68. The number of anilines is 1. The Bertz CT molecular complexity index is 491. The molecule has 2 rings (SSSR count). The van der Waals surface area contributed by atoms with E-state index in [0.29, 0.717) is 24.4 Å². The van der Waals surface area contributed by atoms with E-state index in [1.807, 2.05) is 6.92 Å². The molecule has 1 aromatic rings. The Morgan fingerprint density at radius 2 is 2.29 bits per heavy atom. The predicted molar refractivity (Wildman–Crippen MR) is 61.4 cm³/mol. The molecule has 2 amide bonds. The zero-order chi connectivity index (χ0) is 12.4. The van der Waals surface area contributed by atoms with Gasteiger partial charge in [-0.25, -0.2) is 5.01 Å². The second kappa shape index (κ2) is 4.36. The first-order valence-corrected chi connectivity index (χ1v) is 5.23. The van der Waals surface area contributed by atoms with Crippen LogP contribution in [0.25, 0.3) is 0 Å². The summed E-state index contributed by atoms with van der Waals surface area (Å²) in [6, 6.07) is 1.72. The first kappa shape index (κ1) is 11.3. The van der Waals surface area contributed by atoms with E-state index in [4.69, 9.17) is 0 Å². The van der Waals surface area contributed by atoms with Crippen molar-refractivity contribution in [2.24, 2.45) is 5.10 Å². The number of hydrogen-bond donors (Lipinski definition) is 2. The van der Waals surface area contributed by atoms with Gasteiger partial charge in [0.25, 0.3) is 5.91 Å². The lowest BCUT2D eigenvalue weighted by molar-refractivity contribution is -0.130. The molecule has 1 aliphatic rings. The molecule has 0 atom stereocenters. The van der Waals surface area contributed by atoms with Crippen molar-refractivity contribution in [2.75, 3.05) is 12.4 Å². The van der Waals surface area contributed by atoms with E-state index in [2.05, 4.69) is 20.6 Å². The van der Waals surface area contributed by atoms with Crippen LogP contribution in [0.3, 0.4) is 0 Å². The van der Waals surface area contributed by atoms with E-state index in [1.54, 1.807) is 6.07 Å². The molecule has 0 aromatic carbocycles. The molecular formula is C10H13N5O2. The van der Waals surface area contributed by atoms with Crippen molar-refractivity contribution in [3.63, 3.8) is 0 Å². The lowest BCUT2D eigenvalue weighted by atomic mass is 10.1. The van der Waals surface area contributed by atoms with Gasteiger partial charge in [0.15, 0.2) is 5.82 Å². The van der Waals surface area contributed by atoms with Crippen LogP contribution in [0, 0.1) is 6.92 Å². The summed E-state index contributed by atoms with van der Waals surface area (Å²) < 4.78 is 0. The van der Waals surface area contributed by atoms with Crippen molar-refractivity contribution in [2.45, 2.75) is 19.8 Å². The van der Waals surface area contributed by atoms with Crippen LogP contribution in [0.15, 0.2) is 11.2 Å². The van der Waals surface area contributed by atoms with Crippen molar-refractivity contribution in [3.8, 4) is 0 Å². The minimum absolute atomic E-state index is 0.0860. The van der Waals surface area contributed by atoms with Crippen LogP contribution in [0.5, 0.6) is 0 Å². The Balaban J connectivity index is 2.06. The molecule has 0 radical (unpaired) electrons. The molecule has 0 bridgehead atoms. The van der Waals surface area contributed by atoms with Crippen LogP contribution in [0.4, 0.5) is 5.82 Å². The fourth-order valence-corrected chi connectivity index (χ4v) is 1.50. The second-order valence-electron chi connectivity index (χ2n) is 3.85. The highest BCUT2D eigenvalue weighted by Crippen LogP contribution is 2.09. The van der Waals surface area contributed by atoms with Gasteiger partial charge in [0.05, 0.1) is 0 Å². The highest BCUT2D eigenvalue weighted by Gasteiger charge is 2.22. The number of aromatic nitrogens is 2. The number of hydrazone groups is 1. The lowest BCUT2D eigenvalue weighted by Gasteiger charge is -2.18. The standard InChI is InChI=1S/C10H13N5O2/c1-6-5-8(13-12-6)11-10(17)7-3-4-9(16)15(2)14-7/h5H,3-4H2,1-2H3,(H2,11,12,13,17). The van der Waals surface area contributed by atoms with Gasteiger partial charge in [0.1, 0.15) is 5.71 Å². The van der Waals surface area contributed by atoms with Gasteiger partial charge in [-0.1, -0.05) is 0 Å². The highest BCUT2D eigenvalue weighted by atomic mass is 16.2. The molecule has 2 heterocycles. The van der Waals surface area contributed by atoms with E-state index in [0.717, 1.165) is 5.69 Å². The molecule has 1 aliphatic heterocycles. The molecule has 0 saturated heterocycles. The van der Waals surface area contributed by atoms with Gasteiger partial charge in [-0.15, -0.1) is 0 Å². The Labute approximate surface area is 97.9 Å². The fraction of sp³-hybridized carbons (Fsp3) is 0.400. The molecule has 17 heavy (non-hydrogen) atoms. The first-order chi connectivity index (χ1) is 8.06. The van der Waals surface area contributed by atoms with Crippen molar-refractivity contribution >= 4 is 23.3 Å². The van der Waals surface area contributed by atoms with Crippen molar-refractivity contribution < 1.29 is 9.59 Å². The van der Waals surface area contributed by atoms with Crippen LogP contribution in [0.1, 0.15) is 18.5 Å². The van der Waals surface area contributed by atoms with Gasteiger partial charge < -0.3 is 5.32 Å². The predicted octanol–water partition coefficient (Wildman–Crippen LogP) is 0.265. The Hall–Kier alpha value is -2.18. The number of aryl methyl sites for hydroxylation is 1. The van der Waals surface area contributed by atoms with Crippen LogP contribution in [0.2, 0.25) is 0 Å². The van der Waals surface area contributed by atoms with E-state index in [9.17, 15) is 9.59 Å².